The molecule has 0 aromatic heterocycles. The first-order valence-corrected chi connectivity index (χ1v) is 7.86. The first kappa shape index (κ1) is 13.0. The molecule has 3 rings (SSSR count). The minimum absolute atomic E-state index is 0.0225. The summed E-state index contributed by atoms with van der Waals surface area (Å²) >= 11 is 0. The van der Waals surface area contributed by atoms with Gasteiger partial charge in [-0.25, -0.2) is 8.42 Å². The molecule has 1 aliphatic carbocycles. The molecule has 0 heterocycles. The van der Waals surface area contributed by atoms with Crippen LogP contribution in [0.3, 0.4) is 0 Å². The SMILES string of the molecule is O=S(=O)(c1ccc(O)c(O)c1)c1ccc2c(c1)CCC2. The van der Waals surface area contributed by atoms with Gasteiger partial charge in [-0.05, 0) is 54.7 Å². The Morgan fingerprint density at radius 2 is 1.45 bits per heavy atom. The monoisotopic (exact) mass is 290 g/mol. The minimum atomic E-state index is -3.67. The van der Waals surface area contributed by atoms with Crippen molar-refractivity contribution in [2.75, 3.05) is 0 Å². The molecule has 104 valence electrons. The molecular weight excluding hydrogens is 276 g/mol. The van der Waals surface area contributed by atoms with Crippen LogP contribution < -0.4 is 0 Å². The van der Waals surface area contributed by atoms with Crippen molar-refractivity contribution in [2.45, 2.75) is 29.1 Å². The fraction of sp³-hybridized carbons (Fsp3) is 0.200. The largest absolute Gasteiger partial charge is 0.504 e. The van der Waals surface area contributed by atoms with E-state index in [0.29, 0.717) is 0 Å². The van der Waals surface area contributed by atoms with E-state index >= 15 is 0 Å². The molecule has 5 heteroatoms. The maximum absolute atomic E-state index is 12.5. The smallest absolute Gasteiger partial charge is 0.206 e. The van der Waals surface area contributed by atoms with Crippen molar-refractivity contribution < 1.29 is 18.6 Å². The van der Waals surface area contributed by atoms with E-state index in [1.807, 2.05) is 6.07 Å². The van der Waals surface area contributed by atoms with Crippen molar-refractivity contribution in [2.24, 2.45) is 0 Å². The summed E-state index contributed by atoms with van der Waals surface area (Å²) in [5.74, 6) is -0.773. The van der Waals surface area contributed by atoms with Gasteiger partial charge < -0.3 is 10.2 Å². The van der Waals surface area contributed by atoms with Gasteiger partial charge in [0, 0.05) is 6.07 Å². The molecular formula is C15H14O4S. The van der Waals surface area contributed by atoms with E-state index in [0.717, 1.165) is 30.9 Å². The Morgan fingerprint density at radius 3 is 2.20 bits per heavy atom. The van der Waals surface area contributed by atoms with Crippen LogP contribution in [0.25, 0.3) is 0 Å². The number of aryl methyl sites for hydroxylation is 2. The van der Waals surface area contributed by atoms with Gasteiger partial charge in [-0.3, -0.25) is 0 Å². The predicted molar refractivity (Wildman–Crippen MR) is 73.7 cm³/mol. The summed E-state index contributed by atoms with van der Waals surface area (Å²) in [5, 5.41) is 18.7. The molecule has 4 nitrogen and oxygen atoms in total. The summed E-state index contributed by atoms with van der Waals surface area (Å²) in [6, 6.07) is 8.70. The lowest BCUT2D eigenvalue weighted by Crippen LogP contribution is -2.02. The Hall–Kier alpha value is -2.01. The van der Waals surface area contributed by atoms with Crippen LogP contribution in [0.1, 0.15) is 17.5 Å². The fourth-order valence-electron chi connectivity index (χ4n) is 2.52. The molecule has 2 N–H and O–H groups in total. The molecule has 0 aliphatic heterocycles. The number of fused-ring (bicyclic) bond motifs is 1. The predicted octanol–water partition coefficient (Wildman–Crippen LogP) is 2.42. The minimum Gasteiger partial charge on any atom is -0.504 e. The van der Waals surface area contributed by atoms with Crippen molar-refractivity contribution in [3.63, 3.8) is 0 Å². The summed E-state index contributed by atoms with van der Waals surface area (Å²) in [7, 11) is -3.67. The van der Waals surface area contributed by atoms with E-state index in [1.54, 1.807) is 12.1 Å². The molecule has 0 radical (unpaired) electrons. The van der Waals surface area contributed by atoms with Gasteiger partial charge >= 0.3 is 0 Å². The van der Waals surface area contributed by atoms with Crippen molar-refractivity contribution in [3.8, 4) is 11.5 Å². The number of phenols is 2. The summed E-state index contributed by atoms with van der Waals surface area (Å²) in [5.41, 5.74) is 2.28. The third kappa shape index (κ3) is 2.04. The van der Waals surface area contributed by atoms with Gasteiger partial charge in [-0.15, -0.1) is 0 Å². The van der Waals surface area contributed by atoms with E-state index in [2.05, 4.69) is 0 Å². The van der Waals surface area contributed by atoms with Crippen LogP contribution in [0, 0.1) is 0 Å². The van der Waals surface area contributed by atoms with Crippen molar-refractivity contribution in [1.29, 1.82) is 0 Å². The Bertz CT molecular complexity index is 778. The number of hydrogen-bond donors (Lipinski definition) is 2. The van der Waals surface area contributed by atoms with Gasteiger partial charge in [0.15, 0.2) is 11.5 Å². The summed E-state index contributed by atoms with van der Waals surface area (Å²) < 4.78 is 25.0. The highest BCUT2D eigenvalue weighted by atomic mass is 32.2. The average Bonchev–Trinajstić information content (AvgIpc) is 2.89. The van der Waals surface area contributed by atoms with Gasteiger partial charge in [-0.2, -0.15) is 0 Å². The number of aromatic hydroxyl groups is 2. The summed E-state index contributed by atoms with van der Waals surface area (Å²) in [4.78, 5) is 0.203. The first-order valence-electron chi connectivity index (χ1n) is 6.37. The van der Waals surface area contributed by atoms with Gasteiger partial charge in [0.25, 0.3) is 0 Å². The molecule has 0 saturated carbocycles. The molecule has 2 aromatic carbocycles. The molecule has 0 spiro atoms. The molecule has 20 heavy (non-hydrogen) atoms. The Labute approximate surface area is 117 Å². The fourth-order valence-corrected chi connectivity index (χ4v) is 3.85. The molecule has 0 fully saturated rings. The zero-order chi connectivity index (χ0) is 14.3. The third-order valence-corrected chi connectivity index (χ3v) is 5.39. The molecule has 0 unspecified atom stereocenters. The van der Waals surface area contributed by atoms with E-state index < -0.39 is 15.6 Å². The van der Waals surface area contributed by atoms with Crippen LogP contribution in [0.2, 0.25) is 0 Å². The van der Waals surface area contributed by atoms with Gasteiger partial charge in [0.2, 0.25) is 9.84 Å². The van der Waals surface area contributed by atoms with E-state index in [4.69, 9.17) is 0 Å². The van der Waals surface area contributed by atoms with Crippen molar-refractivity contribution in [3.05, 3.63) is 47.5 Å². The second kappa shape index (κ2) is 4.52. The highest BCUT2D eigenvalue weighted by Crippen LogP contribution is 2.32. The summed E-state index contributed by atoms with van der Waals surface area (Å²) in [6.07, 6.45) is 2.95. The standard InChI is InChI=1S/C15H14O4S/c16-14-7-6-13(9-15(14)17)20(18,19)12-5-4-10-2-1-3-11(10)8-12/h4-9,16-17H,1-3H2. The molecule has 1 aliphatic rings. The molecule has 0 bridgehead atoms. The average molecular weight is 290 g/mol. The summed E-state index contributed by atoms with van der Waals surface area (Å²) in [6.45, 7) is 0. The number of hydrogen-bond acceptors (Lipinski definition) is 4. The lowest BCUT2D eigenvalue weighted by atomic mass is 10.1. The topological polar surface area (TPSA) is 74.6 Å². The highest BCUT2D eigenvalue weighted by Gasteiger charge is 2.21. The maximum atomic E-state index is 12.5. The van der Waals surface area contributed by atoms with E-state index in [9.17, 15) is 18.6 Å². The van der Waals surface area contributed by atoms with Crippen LogP contribution in [0.4, 0.5) is 0 Å². The van der Waals surface area contributed by atoms with Crippen molar-refractivity contribution in [1.82, 2.24) is 0 Å². The van der Waals surface area contributed by atoms with Crippen molar-refractivity contribution >= 4 is 9.84 Å². The normalized spacial score (nSPS) is 14.2. The van der Waals surface area contributed by atoms with E-state index in [1.165, 1.54) is 17.7 Å². The molecule has 0 saturated heterocycles. The van der Waals surface area contributed by atoms with Gasteiger partial charge in [-0.1, -0.05) is 6.07 Å². The molecule has 2 aromatic rings. The lowest BCUT2D eigenvalue weighted by Gasteiger charge is -2.08. The molecule has 0 amide bonds. The maximum Gasteiger partial charge on any atom is 0.206 e. The second-order valence-electron chi connectivity index (χ2n) is 4.94. The third-order valence-electron chi connectivity index (χ3n) is 3.64. The lowest BCUT2D eigenvalue weighted by molar-refractivity contribution is 0.402. The Kier molecular flexibility index (Phi) is 2.94. The number of benzene rings is 2. The van der Waals surface area contributed by atoms with Crippen LogP contribution >= 0.6 is 0 Å². The first-order chi connectivity index (χ1) is 9.48. The Morgan fingerprint density at radius 1 is 0.800 bits per heavy atom. The molecule has 0 atom stereocenters. The Balaban J connectivity index is 2.09. The number of phenolic OH excluding ortho intramolecular Hbond substituents is 2. The zero-order valence-electron chi connectivity index (χ0n) is 10.7. The highest BCUT2D eigenvalue weighted by molar-refractivity contribution is 7.91. The van der Waals surface area contributed by atoms with E-state index in [-0.39, 0.29) is 15.5 Å². The quantitative estimate of drug-likeness (QED) is 0.833. The second-order valence-corrected chi connectivity index (χ2v) is 6.89. The number of rotatable bonds is 2. The van der Waals surface area contributed by atoms with Crippen LogP contribution in [-0.4, -0.2) is 18.6 Å². The number of sulfone groups is 1. The van der Waals surface area contributed by atoms with Crippen LogP contribution in [0.15, 0.2) is 46.2 Å². The zero-order valence-corrected chi connectivity index (χ0v) is 11.5. The van der Waals surface area contributed by atoms with Crippen LogP contribution in [-0.2, 0) is 22.7 Å². The van der Waals surface area contributed by atoms with Gasteiger partial charge in [0.05, 0.1) is 9.79 Å². The van der Waals surface area contributed by atoms with Gasteiger partial charge in [0.1, 0.15) is 0 Å². The van der Waals surface area contributed by atoms with Crippen LogP contribution in [0.5, 0.6) is 11.5 Å².